The van der Waals surface area contributed by atoms with Crippen molar-refractivity contribution in [3.63, 3.8) is 0 Å². The molecule has 1 saturated heterocycles. The number of aryl methyl sites for hydroxylation is 2. The summed E-state index contributed by atoms with van der Waals surface area (Å²) < 4.78 is 0. The lowest BCUT2D eigenvalue weighted by atomic mass is 9.95. The highest BCUT2D eigenvalue weighted by molar-refractivity contribution is 5.76. The summed E-state index contributed by atoms with van der Waals surface area (Å²) in [5, 5.41) is 3.25. The second-order valence-corrected chi connectivity index (χ2v) is 8.82. The Labute approximate surface area is 181 Å². The molecule has 1 N–H and O–H groups in total. The van der Waals surface area contributed by atoms with Crippen LogP contribution in [0.25, 0.3) is 0 Å². The topological polar surface area (TPSA) is 35.6 Å². The van der Waals surface area contributed by atoms with Crippen molar-refractivity contribution in [3.8, 4) is 0 Å². The van der Waals surface area contributed by atoms with E-state index in [1.807, 2.05) is 18.2 Å². The van der Waals surface area contributed by atoms with Crippen LogP contribution in [0.5, 0.6) is 0 Å². The number of carbonyl (C=O) groups excluding carboxylic acids is 1. The van der Waals surface area contributed by atoms with Crippen molar-refractivity contribution < 1.29 is 4.79 Å². The smallest absolute Gasteiger partial charge is 0.220 e. The molecule has 0 spiro atoms. The Bertz CT molecular complexity index is 829. The van der Waals surface area contributed by atoms with E-state index in [-0.39, 0.29) is 11.9 Å². The molecule has 1 unspecified atom stereocenters. The summed E-state index contributed by atoms with van der Waals surface area (Å²) >= 11 is 0. The van der Waals surface area contributed by atoms with Crippen LogP contribution in [0.2, 0.25) is 0 Å². The number of rotatable bonds is 7. The molecule has 160 valence electrons. The summed E-state index contributed by atoms with van der Waals surface area (Å²) in [5.41, 5.74) is 5.40. The number of likely N-dealkylation sites (tertiary alicyclic amines) is 1. The Morgan fingerprint density at radius 1 is 1.00 bits per heavy atom. The standard InChI is InChI=1S/C26H35N3O/c1-28-16-8-11-22-19-23(13-14-24(22)28)25(29-17-6-3-7-18-29)20-27-26(30)15-12-21-9-4-2-5-10-21/h2,4-5,9-10,13-14,19,25H,3,6-8,11-12,15-18,20H2,1H3,(H,27,30). The molecule has 0 bridgehead atoms. The third-order valence-corrected chi connectivity index (χ3v) is 6.65. The number of fused-ring (bicyclic) bond motifs is 1. The summed E-state index contributed by atoms with van der Waals surface area (Å²) in [7, 11) is 2.19. The van der Waals surface area contributed by atoms with Crippen LogP contribution >= 0.6 is 0 Å². The number of nitrogens with zero attached hydrogens (tertiary/aromatic N) is 2. The fourth-order valence-corrected chi connectivity index (χ4v) is 4.90. The third kappa shape index (κ3) is 5.23. The van der Waals surface area contributed by atoms with Gasteiger partial charge in [-0.3, -0.25) is 9.69 Å². The van der Waals surface area contributed by atoms with Crippen LogP contribution in [0.15, 0.2) is 48.5 Å². The molecule has 0 aromatic heterocycles. The predicted octanol–water partition coefficient (Wildman–Crippen LogP) is 4.35. The van der Waals surface area contributed by atoms with Crippen molar-refractivity contribution in [2.75, 3.05) is 38.1 Å². The van der Waals surface area contributed by atoms with Gasteiger partial charge in [0, 0.05) is 32.2 Å². The van der Waals surface area contributed by atoms with Gasteiger partial charge in [0.15, 0.2) is 0 Å². The molecule has 2 aliphatic rings. The minimum absolute atomic E-state index is 0.151. The molecule has 2 aromatic rings. The molecule has 4 rings (SSSR count). The van der Waals surface area contributed by atoms with Gasteiger partial charge in [0.2, 0.25) is 5.91 Å². The van der Waals surface area contributed by atoms with Gasteiger partial charge in [-0.05, 0) is 68.0 Å². The largest absolute Gasteiger partial charge is 0.374 e. The van der Waals surface area contributed by atoms with E-state index in [9.17, 15) is 4.79 Å². The van der Waals surface area contributed by atoms with E-state index < -0.39 is 0 Å². The van der Waals surface area contributed by atoms with Crippen molar-refractivity contribution >= 4 is 11.6 Å². The van der Waals surface area contributed by atoms with E-state index in [1.165, 1.54) is 48.1 Å². The van der Waals surface area contributed by atoms with E-state index >= 15 is 0 Å². The molecule has 0 aliphatic carbocycles. The van der Waals surface area contributed by atoms with Crippen molar-refractivity contribution in [1.29, 1.82) is 0 Å². The van der Waals surface area contributed by atoms with E-state index in [1.54, 1.807) is 0 Å². The molecule has 2 heterocycles. The number of carbonyl (C=O) groups is 1. The summed E-state index contributed by atoms with van der Waals surface area (Å²) in [6, 6.07) is 17.5. The molecule has 4 heteroatoms. The van der Waals surface area contributed by atoms with Crippen LogP contribution in [0.3, 0.4) is 0 Å². The Morgan fingerprint density at radius 3 is 2.60 bits per heavy atom. The number of hydrogen-bond acceptors (Lipinski definition) is 3. The minimum atomic E-state index is 0.151. The maximum Gasteiger partial charge on any atom is 0.220 e. The number of amides is 1. The number of nitrogens with one attached hydrogen (secondary N) is 1. The van der Waals surface area contributed by atoms with E-state index in [0.717, 1.165) is 32.5 Å². The van der Waals surface area contributed by atoms with Gasteiger partial charge in [0.25, 0.3) is 0 Å². The second-order valence-electron chi connectivity index (χ2n) is 8.82. The van der Waals surface area contributed by atoms with Gasteiger partial charge in [-0.25, -0.2) is 0 Å². The summed E-state index contributed by atoms with van der Waals surface area (Å²) in [5.74, 6) is 0.151. The van der Waals surface area contributed by atoms with Gasteiger partial charge in [-0.1, -0.05) is 48.9 Å². The highest BCUT2D eigenvalue weighted by atomic mass is 16.1. The first-order valence-corrected chi connectivity index (χ1v) is 11.6. The zero-order valence-electron chi connectivity index (χ0n) is 18.3. The van der Waals surface area contributed by atoms with Gasteiger partial charge in [-0.2, -0.15) is 0 Å². The van der Waals surface area contributed by atoms with Crippen LogP contribution in [-0.4, -0.2) is 44.0 Å². The Balaban J connectivity index is 1.43. The normalized spacial score (nSPS) is 18.0. The fourth-order valence-electron chi connectivity index (χ4n) is 4.90. The first-order chi connectivity index (χ1) is 14.7. The van der Waals surface area contributed by atoms with Gasteiger partial charge < -0.3 is 10.2 Å². The number of hydrogen-bond donors (Lipinski definition) is 1. The molecule has 4 nitrogen and oxygen atoms in total. The van der Waals surface area contributed by atoms with E-state index in [0.29, 0.717) is 13.0 Å². The quantitative estimate of drug-likeness (QED) is 0.744. The molecule has 2 aromatic carbocycles. The predicted molar refractivity (Wildman–Crippen MR) is 124 cm³/mol. The zero-order chi connectivity index (χ0) is 20.8. The molecule has 1 fully saturated rings. The monoisotopic (exact) mass is 405 g/mol. The molecule has 2 aliphatic heterocycles. The molecule has 30 heavy (non-hydrogen) atoms. The maximum atomic E-state index is 12.6. The van der Waals surface area contributed by atoms with Crippen molar-refractivity contribution in [1.82, 2.24) is 10.2 Å². The van der Waals surface area contributed by atoms with Crippen LogP contribution in [0.4, 0.5) is 5.69 Å². The molecule has 0 saturated carbocycles. The number of benzene rings is 2. The third-order valence-electron chi connectivity index (χ3n) is 6.65. The van der Waals surface area contributed by atoms with E-state index in [2.05, 4.69) is 52.5 Å². The van der Waals surface area contributed by atoms with Crippen LogP contribution < -0.4 is 10.2 Å². The zero-order valence-corrected chi connectivity index (χ0v) is 18.3. The maximum absolute atomic E-state index is 12.6. The lowest BCUT2D eigenvalue weighted by molar-refractivity contribution is -0.121. The van der Waals surface area contributed by atoms with E-state index in [4.69, 9.17) is 0 Å². The Hall–Kier alpha value is -2.33. The van der Waals surface area contributed by atoms with Crippen molar-refractivity contribution in [2.24, 2.45) is 0 Å². The van der Waals surface area contributed by atoms with Crippen LogP contribution in [-0.2, 0) is 17.6 Å². The molecule has 1 atom stereocenters. The lowest BCUT2D eigenvalue weighted by Gasteiger charge is -2.36. The van der Waals surface area contributed by atoms with Crippen LogP contribution in [0.1, 0.15) is 54.8 Å². The first-order valence-electron chi connectivity index (χ1n) is 11.6. The molecule has 1 amide bonds. The average molecular weight is 406 g/mol. The highest BCUT2D eigenvalue weighted by Gasteiger charge is 2.24. The van der Waals surface area contributed by atoms with Crippen molar-refractivity contribution in [3.05, 3.63) is 65.2 Å². The minimum Gasteiger partial charge on any atom is -0.374 e. The lowest BCUT2D eigenvalue weighted by Crippen LogP contribution is -2.40. The van der Waals surface area contributed by atoms with Gasteiger partial charge in [0.05, 0.1) is 6.04 Å². The molecule has 0 radical (unpaired) electrons. The molecular weight excluding hydrogens is 370 g/mol. The highest BCUT2D eigenvalue weighted by Crippen LogP contribution is 2.31. The van der Waals surface area contributed by atoms with Gasteiger partial charge >= 0.3 is 0 Å². The number of anilines is 1. The molecular formula is C26H35N3O. The van der Waals surface area contributed by atoms with Gasteiger partial charge in [0.1, 0.15) is 0 Å². The Morgan fingerprint density at radius 2 is 1.80 bits per heavy atom. The fraction of sp³-hybridized carbons (Fsp3) is 0.500. The van der Waals surface area contributed by atoms with Gasteiger partial charge in [-0.15, -0.1) is 0 Å². The SMILES string of the molecule is CN1CCCc2cc(C(CNC(=O)CCc3ccccc3)N3CCCCC3)ccc21. The van der Waals surface area contributed by atoms with Crippen molar-refractivity contribution in [2.45, 2.75) is 51.0 Å². The summed E-state index contributed by atoms with van der Waals surface area (Å²) in [6.07, 6.45) is 7.55. The summed E-state index contributed by atoms with van der Waals surface area (Å²) in [6.45, 7) is 4.09. The Kier molecular flexibility index (Phi) is 7.06. The van der Waals surface area contributed by atoms with Crippen LogP contribution in [0, 0.1) is 0 Å². The second kappa shape index (κ2) is 10.1. The average Bonchev–Trinajstić information content (AvgIpc) is 2.79. The number of piperidine rings is 1. The first kappa shape index (κ1) is 20.9. The summed E-state index contributed by atoms with van der Waals surface area (Å²) in [4.78, 5) is 17.5.